The van der Waals surface area contributed by atoms with Gasteiger partial charge in [-0.15, -0.1) is 0 Å². The van der Waals surface area contributed by atoms with E-state index in [1.807, 2.05) is 0 Å². The molecule has 0 spiro atoms. The molecule has 0 atom stereocenters. The molecule has 0 amide bonds. The van der Waals surface area contributed by atoms with Gasteiger partial charge in [0.15, 0.2) is 23.0 Å². The molecule has 0 aliphatic carbocycles. The maximum Gasteiger partial charge on any atom is 0.261 e. The van der Waals surface area contributed by atoms with Gasteiger partial charge in [-0.3, -0.25) is 4.72 Å². The summed E-state index contributed by atoms with van der Waals surface area (Å²) < 4.78 is 68.6. The summed E-state index contributed by atoms with van der Waals surface area (Å²) in [5.41, 5.74) is 1.43. The molecule has 0 aliphatic heterocycles. The normalized spacial score (nSPS) is 11.3. The highest BCUT2D eigenvalue weighted by molar-refractivity contribution is 7.92. The van der Waals surface area contributed by atoms with E-state index in [9.17, 15) is 12.8 Å². The number of anilines is 1. The average molecular weight is 504 g/mol. The Labute approximate surface area is 203 Å². The summed E-state index contributed by atoms with van der Waals surface area (Å²) in [7, 11) is 3.45. The summed E-state index contributed by atoms with van der Waals surface area (Å²) in [6.07, 6.45) is 3.45. The van der Waals surface area contributed by atoms with Crippen LogP contribution in [0, 0.1) is 5.82 Å². The number of methoxy groups -OCH3 is 5. The molecule has 8 nitrogen and oxygen atoms in total. The van der Waals surface area contributed by atoms with Crippen LogP contribution in [0.25, 0.3) is 12.2 Å². The molecule has 3 aromatic carbocycles. The van der Waals surface area contributed by atoms with Crippen LogP contribution in [-0.4, -0.2) is 44.0 Å². The van der Waals surface area contributed by atoms with E-state index in [4.69, 9.17) is 23.7 Å². The summed E-state index contributed by atoms with van der Waals surface area (Å²) in [5.74, 6) is 1.58. The fourth-order valence-electron chi connectivity index (χ4n) is 3.32. The van der Waals surface area contributed by atoms with E-state index in [-0.39, 0.29) is 10.6 Å². The van der Waals surface area contributed by atoms with Crippen LogP contribution in [0.2, 0.25) is 0 Å². The van der Waals surface area contributed by atoms with Crippen molar-refractivity contribution in [3.8, 4) is 28.7 Å². The van der Waals surface area contributed by atoms with Crippen LogP contribution in [0.1, 0.15) is 11.1 Å². The molecule has 3 aromatic rings. The molecule has 0 radical (unpaired) electrons. The Morgan fingerprint density at radius 3 is 1.77 bits per heavy atom. The Hall–Kier alpha value is -3.92. The van der Waals surface area contributed by atoms with E-state index in [2.05, 4.69) is 4.72 Å². The van der Waals surface area contributed by atoms with Crippen LogP contribution >= 0.6 is 0 Å². The standard InChI is InChI=1S/C25H26FNO7S/c1-30-21-14-17(7-6-16-12-23(32-3)25(34-5)24(13-16)33-4)20(15-22(21)31-2)27-35(28,29)19-10-8-18(26)9-11-19/h6-15,27H,1-5H3. The molecule has 0 saturated heterocycles. The average Bonchev–Trinajstić information content (AvgIpc) is 2.86. The zero-order valence-corrected chi connectivity index (χ0v) is 20.7. The molecular formula is C25H26FNO7S. The highest BCUT2D eigenvalue weighted by Gasteiger charge is 2.19. The lowest BCUT2D eigenvalue weighted by molar-refractivity contribution is 0.324. The molecule has 0 unspecified atom stereocenters. The minimum atomic E-state index is -4.01. The quantitative estimate of drug-likeness (QED) is 0.396. The molecule has 0 aliphatic rings. The van der Waals surface area contributed by atoms with E-state index in [0.717, 1.165) is 12.1 Å². The molecular weight excluding hydrogens is 477 g/mol. The van der Waals surface area contributed by atoms with Gasteiger partial charge in [0, 0.05) is 11.6 Å². The Kier molecular flexibility index (Phi) is 8.08. The van der Waals surface area contributed by atoms with Gasteiger partial charge >= 0.3 is 0 Å². The van der Waals surface area contributed by atoms with Gasteiger partial charge in [-0.05, 0) is 48.0 Å². The summed E-state index contributed by atoms with van der Waals surface area (Å²) in [6.45, 7) is 0. The van der Waals surface area contributed by atoms with Crippen molar-refractivity contribution in [1.82, 2.24) is 0 Å². The Bertz CT molecular complexity index is 1300. The van der Waals surface area contributed by atoms with Crippen molar-refractivity contribution in [2.45, 2.75) is 4.90 Å². The number of hydrogen-bond donors (Lipinski definition) is 1. The van der Waals surface area contributed by atoms with E-state index in [1.165, 1.54) is 53.7 Å². The highest BCUT2D eigenvalue weighted by Crippen LogP contribution is 2.39. The summed E-state index contributed by atoms with van der Waals surface area (Å²) in [6, 6.07) is 11.2. The van der Waals surface area contributed by atoms with Crippen LogP contribution in [0.4, 0.5) is 10.1 Å². The smallest absolute Gasteiger partial charge is 0.261 e. The highest BCUT2D eigenvalue weighted by atomic mass is 32.2. The fourth-order valence-corrected chi connectivity index (χ4v) is 4.40. The van der Waals surface area contributed by atoms with Crippen LogP contribution in [0.5, 0.6) is 28.7 Å². The minimum absolute atomic E-state index is 0.0896. The van der Waals surface area contributed by atoms with E-state index < -0.39 is 15.8 Å². The van der Waals surface area contributed by atoms with Crippen molar-refractivity contribution in [2.24, 2.45) is 0 Å². The van der Waals surface area contributed by atoms with Gasteiger partial charge in [-0.25, -0.2) is 12.8 Å². The third-order valence-corrected chi connectivity index (χ3v) is 6.45. The van der Waals surface area contributed by atoms with Crippen molar-refractivity contribution in [2.75, 3.05) is 40.3 Å². The first-order valence-electron chi connectivity index (χ1n) is 10.3. The van der Waals surface area contributed by atoms with E-state index >= 15 is 0 Å². The van der Waals surface area contributed by atoms with Gasteiger partial charge in [0.25, 0.3) is 10.0 Å². The number of ether oxygens (including phenoxy) is 5. The SMILES string of the molecule is COc1cc(C=Cc2cc(OC)c(OC)c(OC)c2)c(NS(=O)(=O)c2ccc(F)cc2)cc1OC. The number of nitrogens with one attached hydrogen (secondary N) is 1. The fraction of sp³-hybridized carbons (Fsp3) is 0.200. The van der Waals surface area contributed by atoms with E-state index in [0.29, 0.717) is 39.9 Å². The van der Waals surface area contributed by atoms with Crippen LogP contribution in [0.15, 0.2) is 53.4 Å². The molecule has 0 saturated carbocycles. The van der Waals surface area contributed by atoms with E-state index in [1.54, 1.807) is 30.4 Å². The third kappa shape index (κ3) is 5.78. The predicted molar refractivity (Wildman–Crippen MR) is 132 cm³/mol. The summed E-state index contributed by atoms with van der Waals surface area (Å²) >= 11 is 0. The van der Waals surface area contributed by atoms with Gasteiger partial charge in [0.2, 0.25) is 5.75 Å². The lowest BCUT2D eigenvalue weighted by atomic mass is 10.1. The first kappa shape index (κ1) is 25.7. The van der Waals surface area contributed by atoms with Gasteiger partial charge in [-0.2, -0.15) is 0 Å². The summed E-state index contributed by atoms with van der Waals surface area (Å²) in [5, 5.41) is 0. The van der Waals surface area contributed by atoms with Crippen LogP contribution in [0.3, 0.4) is 0 Å². The number of rotatable bonds is 10. The Morgan fingerprint density at radius 2 is 1.26 bits per heavy atom. The minimum Gasteiger partial charge on any atom is -0.493 e. The maximum absolute atomic E-state index is 13.3. The second kappa shape index (κ2) is 11.0. The first-order chi connectivity index (χ1) is 16.8. The monoisotopic (exact) mass is 503 g/mol. The first-order valence-corrected chi connectivity index (χ1v) is 11.8. The topological polar surface area (TPSA) is 92.3 Å². The third-order valence-electron chi connectivity index (χ3n) is 5.07. The molecule has 10 heteroatoms. The lowest BCUT2D eigenvalue weighted by Crippen LogP contribution is -2.14. The molecule has 35 heavy (non-hydrogen) atoms. The van der Waals surface area contributed by atoms with Gasteiger partial charge in [0.1, 0.15) is 5.82 Å². The zero-order valence-electron chi connectivity index (χ0n) is 19.9. The maximum atomic E-state index is 13.3. The summed E-state index contributed by atoms with van der Waals surface area (Å²) in [4.78, 5) is -0.0896. The lowest BCUT2D eigenvalue weighted by Gasteiger charge is -2.15. The second-order valence-corrected chi connectivity index (χ2v) is 8.83. The van der Waals surface area contributed by atoms with Crippen molar-refractivity contribution < 1.29 is 36.5 Å². The predicted octanol–water partition coefficient (Wildman–Crippen LogP) is 4.84. The number of benzene rings is 3. The van der Waals surface area contributed by atoms with Crippen molar-refractivity contribution >= 4 is 27.9 Å². The number of sulfonamides is 1. The molecule has 3 rings (SSSR count). The largest absolute Gasteiger partial charge is 0.493 e. The Balaban J connectivity index is 2.08. The number of hydrogen-bond acceptors (Lipinski definition) is 7. The molecule has 0 bridgehead atoms. The molecule has 0 aromatic heterocycles. The number of halogens is 1. The van der Waals surface area contributed by atoms with Crippen molar-refractivity contribution in [3.05, 3.63) is 65.5 Å². The second-order valence-electron chi connectivity index (χ2n) is 7.15. The zero-order chi connectivity index (χ0) is 25.6. The molecule has 186 valence electrons. The van der Waals surface area contributed by atoms with Gasteiger partial charge in [-0.1, -0.05) is 12.2 Å². The van der Waals surface area contributed by atoms with Gasteiger partial charge < -0.3 is 23.7 Å². The van der Waals surface area contributed by atoms with Crippen LogP contribution < -0.4 is 28.4 Å². The van der Waals surface area contributed by atoms with Crippen molar-refractivity contribution in [1.29, 1.82) is 0 Å². The van der Waals surface area contributed by atoms with Crippen LogP contribution in [-0.2, 0) is 10.0 Å². The van der Waals surface area contributed by atoms with Crippen molar-refractivity contribution in [3.63, 3.8) is 0 Å². The van der Waals surface area contributed by atoms with Gasteiger partial charge in [0.05, 0.1) is 46.1 Å². The molecule has 0 fully saturated rings. The molecule has 1 N–H and O–H groups in total. The Morgan fingerprint density at radius 1 is 0.714 bits per heavy atom. The molecule has 0 heterocycles.